The van der Waals surface area contributed by atoms with E-state index in [2.05, 4.69) is 4.98 Å². The predicted molar refractivity (Wildman–Crippen MR) is 62.1 cm³/mol. The number of hydrogen-bond acceptors (Lipinski definition) is 5. The van der Waals surface area contributed by atoms with Crippen LogP contribution in [0.2, 0.25) is 0 Å². The average molecular weight is 259 g/mol. The fraction of sp³-hybridized carbons (Fsp3) is 0. The lowest BCUT2D eigenvalue weighted by Crippen LogP contribution is -1.94. The van der Waals surface area contributed by atoms with E-state index in [0.29, 0.717) is 0 Å². The van der Waals surface area contributed by atoms with E-state index in [1.807, 2.05) is 6.07 Å². The van der Waals surface area contributed by atoms with Gasteiger partial charge in [0, 0.05) is 12.1 Å². The number of rotatable bonds is 3. The van der Waals surface area contributed by atoms with Gasteiger partial charge >= 0.3 is 0 Å². The van der Waals surface area contributed by atoms with Crippen LogP contribution in [0.25, 0.3) is 0 Å². The molecule has 94 valence electrons. The first-order chi connectivity index (χ1) is 9.10. The van der Waals surface area contributed by atoms with Gasteiger partial charge in [-0.1, -0.05) is 6.07 Å². The van der Waals surface area contributed by atoms with Crippen LogP contribution in [0, 0.1) is 27.3 Å². The number of ether oxygens (including phenoxy) is 1. The highest BCUT2D eigenvalue weighted by Gasteiger charge is 2.12. The molecule has 0 aliphatic heterocycles. The third-order valence-electron chi connectivity index (χ3n) is 2.18. The molecule has 0 radical (unpaired) electrons. The van der Waals surface area contributed by atoms with Crippen molar-refractivity contribution in [2.75, 3.05) is 0 Å². The summed E-state index contributed by atoms with van der Waals surface area (Å²) in [5.41, 5.74) is -0.247. The van der Waals surface area contributed by atoms with Crippen molar-refractivity contribution in [1.82, 2.24) is 4.98 Å². The van der Waals surface area contributed by atoms with Crippen LogP contribution in [-0.2, 0) is 0 Å². The highest BCUT2D eigenvalue weighted by Crippen LogP contribution is 2.26. The van der Waals surface area contributed by atoms with Crippen molar-refractivity contribution in [2.24, 2.45) is 0 Å². The molecule has 0 atom stereocenters. The minimum absolute atomic E-state index is 0.0341. The van der Waals surface area contributed by atoms with Gasteiger partial charge in [0.05, 0.1) is 11.0 Å². The fourth-order valence-electron chi connectivity index (χ4n) is 1.33. The maximum Gasteiger partial charge on any atom is 0.272 e. The number of nitriles is 1. The zero-order chi connectivity index (χ0) is 13.8. The van der Waals surface area contributed by atoms with Crippen molar-refractivity contribution in [3.8, 4) is 17.7 Å². The van der Waals surface area contributed by atoms with Crippen molar-refractivity contribution in [3.05, 3.63) is 58.0 Å². The molecule has 0 unspecified atom stereocenters. The molecule has 1 aromatic carbocycles. The van der Waals surface area contributed by atoms with Crippen LogP contribution >= 0.6 is 0 Å². The van der Waals surface area contributed by atoms with Crippen molar-refractivity contribution >= 4 is 5.69 Å². The van der Waals surface area contributed by atoms with Gasteiger partial charge in [-0.15, -0.1) is 0 Å². The lowest BCUT2D eigenvalue weighted by atomic mass is 10.3. The smallest absolute Gasteiger partial charge is 0.272 e. The Kier molecular flexibility index (Phi) is 3.34. The molecule has 0 bridgehead atoms. The van der Waals surface area contributed by atoms with E-state index in [4.69, 9.17) is 10.00 Å². The summed E-state index contributed by atoms with van der Waals surface area (Å²) < 4.78 is 18.7. The molecule has 0 saturated carbocycles. The highest BCUT2D eigenvalue weighted by atomic mass is 19.1. The molecule has 0 aliphatic carbocycles. The molecule has 19 heavy (non-hydrogen) atoms. The normalized spacial score (nSPS) is 9.68. The molecule has 0 N–H and O–H groups in total. The minimum Gasteiger partial charge on any atom is -0.436 e. The van der Waals surface area contributed by atoms with Crippen LogP contribution < -0.4 is 4.74 Å². The van der Waals surface area contributed by atoms with Crippen molar-refractivity contribution in [2.45, 2.75) is 0 Å². The van der Waals surface area contributed by atoms with Gasteiger partial charge in [0.25, 0.3) is 5.69 Å². The van der Waals surface area contributed by atoms with Crippen LogP contribution in [0.5, 0.6) is 11.6 Å². The van der Waals surface area contributed by atoms with Gasteiger partial charge in [0.1, 0.15) is 11.8 Å². The largest absolute Gasteiger partial charge is 0.436 e. The summed E-state index contributed by atoms with van der Waals surface area (Å²) in [6, 6.07) is 9.27. The number of benzene rings is 1. The SMILES string of the molecule is N#Cc1cccc(Oc2ccc([N+](=O)[O-])cc2F)n1. The number of nitro benzene ring substituents is 1. The molecular formula is C12H6FN3O3. The summed E-state index contributed by atoms with van der Waals surface area (Å²) in [4.78, 5) is 13.6. The Morgan fingerprint density at radius 2 is 2.16 bits per heavy atom. The molecule has 7 heteroatoms. The number of nitrogens with zero attached hydrogens (tertiary/aromatic N) is 3. The molecule has 0 saturated heterocycles. The molecule has 0 aliphatic rings. The standard InChI is InChI=1S/C12H6FN3O3/c13-10-6-9(16(17)18)4-5-11(10)19-12-3-1-2-8(7-14)15-12/h1-6H. The van der Waals surface area contributed by atoms with E-state index in [0.717, 1.165) is 18.2 Å². The highest BCUT2D eigenvalue weighted by molar-refractivity contribution is 5.39. The summed E-state index contributed by atoms with van der Waals surface area (Å²) in [5, 5.41) is 19.1. The number of hydrogen-bond donors (Lipinski definition) is 0. The molecule has 1 aromatic heterocycles. The van der Waals surface area contributed by atoms with Crippen LogP contribution in [-0.4, -0.2) is 9.91 Å². The number of halogens is 1. The summed E-state index contributed by atoms with van der Waals surface area (Å²) in [6.07, 6.45) is 0. The van der Waals surface area contributed by atoms with Gasteiger partial charge in [0.2, 0.25) is 5.88 Å². The molecule has 0 spiro atoms. The third kappa shape index (κ3) is 2.81. The second-order valence-electron chi connectivity index (χ2n) is 3.45. The van der Waals surface area contributed by atoms with Crippen LogP contribution in [0.4, 0.5) is 10.1 Å². The summed E-state index contributed by atoms with van der Waals surface area (Å²) in [6.45, 7) is 0. The lowest BCUT2D eigenvalue weighted by Gasteiger charge is -2.05. The van der Waals surface area contributed by atoms with Crippen LogP contribution in [0.3, 0.4) is 0 Å². The van der Waals surface area contributed by atoms with E-state index < -0.39 is 10.7 Å². The topological polar surface area (TPSA) is 89.0 Å². The Morgan fingerprint density at radius 3 is 2.79 bits per heavy atom. The van der Waals surface area contributed by atoms with E-state index in [1.54, 1.807) is 0 Å². The maximum absolute atomic E-state index is 13.6. The van der Waals surface area contributed by atoms with Gasteiger partial charge in [-0.25, -0.2) is 9.37 Å². The molecule has 0 amide bonds. The average Bonchev–Trinajstić information content (AvgIpc) is 2.41. The van der Waals surface area contributed by atoms with Gasteiger partial charge < -0.3 is 4.74 Å². The van der Waals surface area contributed by atoms with Crippen molar-refractivity contribution in [1.29, 1.82) is 5.26 Å². The Bertz CT molecular complexity index is 682. The first-order valence-corrected chi connectivity index (χ1v) is 5.09. The van der Waals surface area contributed by atoms with Crippen molar-refractivity contribution < 1.29 is 14.1 Å². The summed E-state index contributed by atoms with van der Waals surface area (Å²) in [7, 11) is 0. The zero-order valence-electron chi connectivity index (χ0n) is 9.41. The molecule has 2 rings (SSSR count). The minimum atomic E-state index is -0.877. The maximum atomic E-state index is 13.6. The molecule has 2 aromatic rings. The summed E-state index contributed by atoms with van der Waals surface area (Å²) >= 11 is 0. The fourth-order valence-corrected chi connectivity index (χ4v) is 1.33. The first-order valence-electron chi connectivity index (χ1n) is 5.09. The molecule has 0 fully saturated rings. The number of aromatic nitrogens is 1. The second-order valence-corrected chi connectivity index (χ2v) is 3.45. The van der Waals surface area contributed by atoms with Crippen LogP contribution in [0.15, 0.2) is 36.4 Å². The van der Waals surface area contributed by atoms with E-state index in [-0.39, 0.29) is 23.0 Å². The number of nitro groups is 1. The van der Waals surface area contributed by atoms with Gasteiger partial charge in [0.15, 0.2) is 11.6 Å². The van der Waals surface area contributed by atoms with Crippen molar-refractivity contribution in [3.63, 3.8) is 0 Å². The Hall–Kier alpha value is -3.01. The number of pyridine rings is 1. The molecular weight excluding hydrogens is 253 g/mol. The summed E-state index contributed by atoms with van der Waals surface area (Å²) in [5.74, 6) is -1.04. The van der Waals surface area contributed by atoms with E-state index >= 15 is 0 Å². The van der Waals surface area contributed by atoms with E-state index in [9.17, 15) is 14.5 Å². The lowest BCUT2D eigenvalue weighted by molar-refractivity contribution is -0.385. The Balaban J connectivity index is 2.28. The molecule has 6 nitrogen and oxygen atoms in total. The third-order valence-corrected chi connectivity index (χ3v) is 2.18. The van der Waals surface area contributed by atoms with Gasteiger partial charge in [-0.2, -0.15) is 5.26 Å². The van der Waals surface area contributed by atoms with Crippen LogP contribution in [0.1, 0.15) is 5.69 Å². The quantitative estimate of drug-likeness (QED) is 0.624. The molecule has 1 heterocycles. The predicted octanol–water partition coefficient (Wildman–Crippen LogP) is 2.79. The van der Waals surface area contributed by atoms with E-state index in [1.165, 1.54) is 18.2 Å². The number of non-ortho nitro benzene ring substituents is 1. The van der Waals surface area contributed by atoms with Gasteiger partial charge in [-0.3, -0.25) is 10.1 Å². The Morgan fingerprint density at radius 1 is 1.37 bits per heavy atom. The Labute approximate surface area is 106 Å². The monoisotopic (exact) mass is 259 g/mol. The first kappa shape index (κ1) is 12.4. The zero-order valence-corrected chi connectivity index (χ0v) is 9.41. The van der Waals surface area contributed by atoms with Gasteiger partial charge in [-0.05, 0) is 12.1 Å². The second kappa shape index (κ2) is 5.10.